The monoisotopic (exact) mass is 219 g/mol. The van der Waals surface area contributed by atoms with Gasteiger partial charge in [-0.25, -0.2) is 0 Å². The molecule has 0 heterocycles. The van der Waals surface area contributed by atoms with Gasteiger partial charge in [0, 0.05) is 12.5 Å². The van der Waals surface area contributed by atoms with Crippen molar-refractivity contribution in [3.05, 3.63) is 12.2 Å². The van der Waals surface area contributed by atoms with Crippen molar-refractivity contribution in [1.29, 1.82) is 0 Å². The van der Waals surface area contributed by atoms with E-state index >= 15 is 0 Å². The van der Waals surface area contributed by atoms with E-state index in [0.29, 0.717) is 11.8 Å². The quantitative estimate of drug-likeness (QED) is 0.723. The summed E-state index contributed by atoms with van der Waals surface area (Å²) in [5.74, 6) is 3.29. The molecule has 16 heavy (non-hydrogen) atoms. The molecule has 0 spiro atoms. The Labute approximate surface area is 97.5 Å². The van der Waals surface area contributed by atoms with E-state index < -0.39 is 0 Å². The van der Waals surface area contributed by atoms with Crippen molar-refractivity contribution in [3.63, 3.8) is 0 Å². The highest BCUT2D eigenvalue weighted by Gasteiger charge is 2.42. The van der Waals surface area contributed by atoms with Crippen LogP contribution < -0.4 is 5.32 Å². The summed E-state index contributed by atoms with van der Waals surface area (Å²) in [5.41, 5.74) is 0. The average Bonchev–Trinajstić information content (AvgIpc) is 3.18. The zero-order valence-corrected chi connectivity index (χ0v) is 9.82. The maximum Gasteiger partial charge on any atom is 0.223 e. The second kappa shape index (κ2) is 4.23. The van der Waals surface area contributed by atoms with Crippen LogP contribution in [0.15, 0.2) is 12.2 Å². The van der Waals surface area contributed by atoms with Gasteiger partial charge in [0.15, 0.2) is 0 Å². The van der Waals surface area contributed by atoms with Crippen LogP contribution in [0.25, 0.3) is 0 Å². The Hall–Kier alpha value is -0.790. The molecule has 3 unspecified atom stereocenters. The third-order valence-electron chi connectivity index (χ3n) is 4.38. The maximum absolute atomic E-state index is 11.5. The SMILES string of the molecule is O=C(NCC1CC1C1CC=CCC1)C1CC1. The van der Waals surface area contributed by atoms with E-state index in [4.69, 9.17) is 0 Å². The number of carbonyl (C=O) groups excluding carboxylic acids is 1. The molecule has 3 atom stereocenters. The molecule has 2 heteroatoms. The van der Waals surface area contributed by atoms with Gasteiger partial charge in [-0.15, -0.1) is 0 Å². The molecule has 0 aromatic heterocycles. The minimum absolute atomic E-state index is 0.314. The minimum Gasteiger partial charge on any atom is -0.356 e. The Morgan fingerprint density at radius 1 is 1.25 bits per heavy atom. The second-order valence-corrected chi connectivity index (χ2v) is 5.72. The van der Waals surface area contributed by atoms with Gasteiger partial charge in [0.1, 0.15) is 0 Å². The van der Waals surface area contributed by atoms with E-state index in [0.717, 1.165) is 37.1 Å². The number of allylic oxidation sites excluding steroid dienone is 2. The summed E-state index contributed by atoms with van der Waals surface area (Å²) in [6.45, 7) is 0.945. The van der Waals surface area contributed by atoms with Gasteiger partial charge in [-0.3, -0.25) is 4.79 Å². The summed E-state index contributed by atoms with van der Waals surface area (Å²) in [7, 11) is 0. The van der Waals surface area contributed by atoms with Gasteiger partial charge >= 0.3 is 0 Å². The zero-order valence-electron chi connectivity index (χ0n) is 9.82. The van der Waals surface area contributed by atoms with E-state index in [1.807, 2.05) is 0 Å². The van der Waals surface area contributed by atoms with Crippen molar-refractivity contribution in [2.24, 2.45) is 23.7 Å². The normalized spacial score (nSPS) is 37.1. The smallest absolute Gasteiger partial charge is 0.223 e. The highest BCUT2D eigenvalue weighted by atomic mass is 16.2. The van der Waals surface area contributed by atoms with Crippen molar-refractivity contribution < 1.29 is 4.79 Å². The van der Waals surface area contributed by atoms with Crippen molar-refractivity contribution in [1.82, 2.24) is 5.32 Å². The van der Waals surface area contributed by atoms with E-state index in [2.05, 4.69) is 17.5 Å². The second-order valence-electron chi connectivity index (χ2n) is 5.72. The lowest BCUT2D eigenvalue weighted by atomic mass is 9.89. The fourth-order valence-corrected chi connectivity index (χ4v) is 3.01. The average molecular weight is 219 g/mol. The first kappa shape index (κ1) is 10.4. The van der Waals surface area contributed by atoms with Crippen LogP contribution in [0.2, 0.25) is 0 Å². The summed E-state index contributed by atoms with van der Waals surface area (Å²) in [4.78, 5) is 11.5. The van der Waals surface area contributed by atoms with Crippen molar-refractivity contribution >= 4 is 5.91 Å². The van der Waals surface area contributed by atoms with Crippen molar-refractivity contribution in [2.45, 2.75) is 38.5 Å². The van der Waals surface area contributed by atoms with E-state index in [1.165, 1.54) is 25.7 Å². The predicted molar refractivity (Wildman–Crippen MR) is 63.8 cm³/mol. The molecule has 0 saturated heterocycles. The molecule has 3 rings (SSSR count). The van der Waals surface area contributed by atoms with Crippen LogP contribution in [0.5, 0.6) is 0 Å². The van der Waals surface area contributed by atoms with E-state index in [-0.39, 0.29) is 0 Å². The van der Waals surface area contributed by atoms with Gasteiger partial charge in [0.05, 0.1) is 0 Å². The van der Waals surface area contributed by atoms with Crippen molar-refractivity contribution in [3.8, 4) is 0 Å². The summed E-state index contributed by atoms with van der Waals surface area (Å²) in [5, 5.41) is 3.12. The molecule has 1 amide bonds. The summed E-state index contributed by atoms with van der Waals surface area (Å²) >= 11 is 0. The summed E-state index contributed by atoms with van der Waals surface area (Å²) in [6.07, 6.45) is 12.1. The molecule has 2 fully saturated rings. The highest BCUT2D eigenvalue weighted by Crippen LogP contribution is 2.48. The molecule has 2 saturated carbocycles. The first-order chi connectivity index (χ1) is 7.84. The standard InChI is InChI=1S/C14H21NO/c16-14(11-6-7-11)15-9-12-8-13(12)10-4-2-1-3-5-10/h1-2,10-13H,3-9H2,(H,15,16). The Kier molecular flexibility index (Phi) is 2.74. The number of hydrogen-bond donors (Lipinski definition) is 1. The molecule has 88 valence electrons. The Morgan fingerprint density at radius 2 is 2.12 bits per heavy atom. The first-order valence-corrected chi connectivity index (χ1v) is 6.77. The van der Waals surface area contributed by atoms with Crippen LogP contribution in [0.3, 0.4) is 0 Å². The van der Waals surface area contributed by atoms with Gasteiger partial charge in [-0.05, 0) is 56.3 Å². The fraction of sp³-hybridized carbons (Fsp3) is 0.786. The molecule has 3 aliphatic carbocycles. The van der Waals surface area contributed by atoms with Crippen LogP contribution >= 0.6 is 0 Å². The number of nitrogens with one attached hydrogen (secondary N) is 1. The zero-order chi connectivity index (χ0) is 11.0. The van der Waals surface area contributed by atoms with Gasteiger partial charge in [0.25, 0.3) is 0 Å². The van der Waals surface area contributed by atoms with E-state index in [1.54, 1.807) is 0 Å². The lowest BCUT2D eigenvalue weighted by Crippen LogP contribution is -2.27. The molecule has 1 N–H and O–H groups in total. The van der Waals surface area contributed by atoms with Gasteiger partial charge in [0.2, 0.25) is 5.91 Å². The number of carbonyl (C=O) groups is 1. The van der Waals surface area contributed by atoms with Gasteiger partial charge in [-0.1, -0.05) is 12.2 Å². The van der Waals surface area contributed by atoms with Crippen LogP contribution in [-0.4, -0.2) is 12.5 Å². The lowest BCUT2D eigenvalue weighted by Gasteiger charge is -2.17. The fourth-order valence-electron chi connectivity index (χ4n) is 3.01. The molecule has 0 aromatic carbocycles. The number of rotatable bonds is 4. The van der Waals surface area contributed by atoms with Gasteiger partial charge < -0.3 is 5.32 Å². The van der Waals surface area contributed by atoms with Crippen LogP contribution in [0, 0.1) is 23.7 Å². The predicted octanol–water partition coefficient (Wildman–Crippen LogP) is 2.51. The molecule has 0 radical (unpaired) electrons. The maximum atomic E-state index is 11.5. The van der Waals surface area contributed by atoms with Crippen LogP contribution in [0.1, 0.15) is 38.5 Å². The molecule has 0 aliphatic heterocycles. The van der Waals surface area contributed by atoms with Gasteiger partial charge in [-0.2, -0.15) is 0 Å². The Balaban J connectivity index is 1.38. The third kappa shape index (κ3) is 2.31. The topological polar surface area (TPSA) is 29.1 Å². The largest absolute Gasteiger partial charge is 0.356 e. The highest BCUT2D eigenvalue weighted by molar-refractivity contribution is 5.80. The molecular weight excluding hydrogens is 198 g/mol. The van der Waals surface area contributed by atoms with Crippen LogP contribution in [0.4, 0.5) is 0 Å². The summed E-state index contributed by atoms with van der Waals surface area (Å²) in [6, 6.07) is 0. The van der Waals surface area contributed by atoms with Crippen molar-refractivity contribution in [2.75, 3.05) is 6.54 Å². The Bertz CT molecular complexity index is 306. The molecule has 3 aliphatic rings. The lowest BCUT2D eigenvalue weighted by molar-refractivity contribution is -0.122. The molecule has 0 bridgehead atoms. The van der Waals surface area contributed by atoms with E-state index in [9.17, 15) is 4.79 Å². The van der Waals surface area contributed by atoms with Crippen LogP contribution in [-0.2, 0) is 4.79 Å². The molecule has 2 nitrogen and oxygen atoms in total. The molecule has 0 aromatic rings. The third-order valence-corrected chi connectivity index (χ3v) is 4.38. The minimum atomic E-state index is 0.314. The summed E-state index contributed by atoms with van der Waals surface area (Å²) < 4.78 is 0. The molecular formula is C14H21NO. The first-order valence-electron chi connectivity index (χ1n) is 6.77. The Morgan fingerprint density at radius 3 is 2.81 bits per heavy atom. The number of amides is 1. The number of hydrogen-bond acceptors (Lipinski definition) is 1.